The molecule has 1 heterocycles. The molecule has 1 aromatic heterocycles. The number of halogens is 1. The fourth-order valence-electron chi connectivity index (χ4n) is 2.20. The molecule has 0 atom stereocenters. The zero-order chi connectivity index (χ0) is 17.7. The van der Waals surface area contributed by atoms with Crippen LogP contribution in [0.15, 0.2) is 28.9 Å². The SMILES string of the molecule is COc1ccc(Br)cc1CNC(=O)CCn1cc([N+](=O)[O-])nc1C. The van der Waals surface area contributed by atoms with E-state index in [1.54, 1.807) is 18.6 Å². The van der Waals surface area contributed by atoms with Gasteiger partial charge in [0.2, 0.25) is 11.7 Å². The molecule has 1 amide bonds. The van der Waals surface area contributed by atoms with Crippen LogP contribution in [0.5, 0.6) is 5.75 Å². The molecule has 0 fully saturated rings. The number of nitrogens with one attached hydrogen (secondary N) is 1. The molecule has 8 nitrogen and oxygen atoms in total. The van der Waals surface area contributed by atoms with E-state index in [0.717, 1.165) is 10.0 Å². The summed E-state index contributed by atoms with van der Waals surface area (Å²) in [5.74, 6) is 0.822. The molecule has 1 aromatic carbocycles. The van der Waals surface area contributed by atoms with E-state index in [1.165, 1.54) is 6.20 Å². The van der Waals surface area contributed by atoms with Crippen LogP contribution >= 0.6 is 15.9 Å². The fraction of sp³-hybridized carbons (Fsp3) is 0.333. The molecule has 0 aliphatic carbocycles. The molecule has 1 N–H and O–H groups in total. The van der Waals surface area contributed by atoms with Crippen LogP contribution < -0.4 is 10.1 Å². The lowest BCUT2D eigenvalue weighted by Crippen LogP contribution is -2.24. The van der Waals surface area contributed by atoms with Gasteiger partial charge in [-0.1, -0.05) is 15.9 Å². The number of hydrogen-bond donors (Lipinski definition) is 1. The number of nitrogens with zero attached hydrogens (tertiary/aromatic N) is 3. The van der Waals surface area contributed by atoms with Crippen LogP contribution in [0.4, 0.5) is 5.82 Å². The predicted molar refractivity (Wildman–Crippen MR) is 90.8 cm³/mol. The number of benzene rings is 1. The van der Waals surface area contributed by atoms with Gasteiger partial charge in [-0.2, -0.15) is 0 Å². The predicted octanol–water partition coefficient (Wildman–Crippen LogP) is 2.58. The maximum absolute atomic E-state index is 12.0. The van der Waals surface area contributed by atoms with Crippen molar-refractivity contribution in [1.29, 1.82) is 0 Å². The summed E-state index contributed by atoms with van der Waals surface area (Å²) in [7, 11) is 1.57. The summed E-state index contributed by atoms with van der Waals surface area (Å²) < 4.78 is 7.75. The van der Waals surface area contributed by atoms with Crippen molar-refractivity contribution in [2.45, 2.75) is 26.4 Å². The van der Waals surface area contributed by atoms with E-state index in [0.29, 0.717) is 24.7 Å². The Balaban J connectivity index is 1.90. The van der Waals surface area contributed by atoms with Crippen molar-refractivity contribution in [3.05, 3.63) is 50.4 Å². The molecule has 0 saturated carbocycles. The summed E-state index contributed by atoms with van der Waals surface area (Å²) >= 11 is 3.38. The Bertz CT molecular complexity index is 760. The van der Waals surface area contributed by atoms with Crippen molar-refractivity contribution in [1.82, 2.24) is 14.9 Å². The van der Waals surface area contributed by atoms with E-state index in [2.05, 4.69) is 26.2 Å². The standard InChI is InChI=1S/C15H17BrN4O4/c1-10-18-14(20(22)23)9-19(10)6-5-15(21)17-8-11-7-12(16)3-4-13(11)24-2/h3-4,7,9H,5-6,8H2,1-2H3,(H,17,21). The van der Waals surface area contributed by atoms with Crippen LogP contribution in [0.3, 0.4) is 0 Å². The first-order valence-electron chi connectivity index (χ1n) is 7.18. The molecule has 128 valence electrons. The number of ether oxygens (including phenoxy) is 1. The minimum absolute atomic E-state index is 0.159. The van der Waals surface area contributed by atoms with Crippen molar-refractivity contribution in [2.75, 3.05) is 7.11 Å². The highest BCUT2D eigenvalue weighted by atomic mass is 79.9. The van der Waals surface area contributed by atoms with Crippen molar-refractivity contribution in [2.24, 2.45) is 0 Å². The molecular weight excluding hydrogens is 380 g/mol. The Kier molecular flexibility index (Phi) is 5.91. The van der Waals surface area contributed by atoms with Crippen molar-refractivity contribution in [3.63, 3.8) is 0 Å². The van der Waals surface area contributed by atoms with Gasteiger partial charge in [-0.25, -0.2) is 0 Å². The first-order chi connectivity index (χ1) is 11.4. The summed E-state index contributed by atoms with van der Waals surface area (Å²) in [6.07, 6.45) is 1.53. The molecule has 2 rings (SSSR count). The van der Waals surface area contributed by atoms with Gasteiger partial charge in [-0.3, -0.25) is 4.79 Å². The Morgan fingerprint density at radius 1 is 1.50 bits per heavy atom. The topological polar surface area (TPSA) is 99.3 Å². The molecule has 0 unspecified atom stereocenters. The normalized spacial score (nSPS) is 10.5. The number of hydrogen-bond acceptors (Lipinski definition) is 5. The smallest absolute Gasteiger partial charge is 0.381 e. The molecule has 0 aliphatic rings. The third kappa shape index (κ3) is 4.54. The lowest BCUT2D eigenvalue weighted by molar-refractivity contribution is -0.389. The molecule has 2 aromatic rings. The molecule has 9 heteroatoms. The zero-order valence-electron chi connectivity index (χ0n) is 13.3. The number of carbonyl (C=O) groups is 1. The van der Waals surface area contributed by atoms with Gasteiger partial charge in [0.05, 0.1) is 7.11 Å². The van der Waals surface area contributed by atoms with Crippen molar-refractivity contribution < 1.29 is 14.5 Å². The highest BCUT2D eigenvalue weighted by Crippen LogP contribution is 2.22. The number of carbonyl (C=O) groups excluding carboxylic acids is 1. The van der Waals surface area contributed by atoms with E-state index >= 15 is 0 Å². The largest absolute Gasteiger partial charge is 0.496 e. The van der Waals surface area contributed by atoms with Gasteiger partial charge in [-0.15, -0.1) is 0 Å². The minimum Gasteiger partial charge on any atom is -0.496 e. The van der Waals surface area contributed by atoms with Crippen LogP contribution in [0.1, 0.15) is 17.8 Å². The number of aromatic nitrogens is 2. The van der Waals surface area contributed by atoms with Gasteiger partial charge in [0.25, 0.3) is 0 Å². The number of aryl methyl sites for hydroxylation is 2. The Morgan fingerprint density at radius 3 is 2.88 bits per heavy atom. The van der Waals surface area contributed by atoms with Gasteiger partial charge in [-0.05, 0) is 28.1 Å². The Morgan fingerprint density at radius 2 is 2.25 bits per heavy atom. The third-order valence-corrected chi connectivity index (χ3v) is 3.94. The monoisotopic (exact) mass is 396 g/mol. The molecular formula is C15H17BrN4O4. The summed E-state index contributed by atoms with van der Waals surface area (Å²) in [5.41, 5.74) is 0.856. The van der Waals surface area contributed by atoms with E-state index in [4.69, 9.17) is 4.74 Å². The first-order valence-corrected chi connectivity index (χ1v) is 7.97. The molecule has 24 heavy (non-hydrogen) atoms. The number of rotatable bonds is 7. The van der Waals surface area contributed by atoms with Crippen LogP contribution in [0.25, 0.3) is 0 Å². The van der Waals surface area contributed by atoms with Gasteiger partial charge in [0, 0.05) is 36.5 Å². The van der Waals surface area contributed by atoms with E-state index in [-0.39, 0.29) is 18.1 Å². The highest BCUT2D eigenvalue weighted by molar-refractivity contribution is 9.10. The number of nitro groups is 1. The first kappa shape index (κ1) is 17.9. The van der Waals surface area contributed by atoms with Crippen LogP contribution in [-0.4, -0.2) is 27.5 Å². The van der Waals surface area contributed by atoms with Gasteiger partial charge < -0.3 is 24.7 Å². The number of methoxy groups -OCH3 is 1. The van der Waals surface area contributed by atoms with Crippen LogP contribution in [0, 0.1) is 17.0 Å². The maximum atomic E-state index is 12.0. The molecule has 0 saturated heterocycles. The van der Waals surface area contributed by atoms with Crippen molar-refractivity contribution >= 4 is 27.7 Å². The van der Waals surface area contributed by atoms with Gasteiger partial charge in [0.15, 0.2) is 0 Å². The summed E-state index contributed by atoms with van der Waals surface area (Å²) in [6.45, 7) is 2.33. The van der Waals surface area contributed by atoms with Crippen LogP contribution in [-0.2, 0) is 17.9 Å². The number of imidazole rings is 1. The second-order valence-electron chi connectivity index (χ2n) is 5.08. The van der Waals surface area contributed by atoms with Crippen LogP contribution in [0.2, 0.25) is 0 Å². The Labute approximate surface area is 147 Å². The second kappa shape index (κ2) is 7.91. The van der Waals surface area contributed by atoms with E-state index in [1.807, 2.05) is 18.2 Å². The van der Waals surface area contributed by atoms with E-state index < -0.39 is 4.92 Å². The van der Waals surface area contributed by atoms with Crippen molar-refractivity contribution in [3.8, 4) is 5.75 Å². The average molecular weight is 397 g/mol. The van der Waals surface area contributed by atoms with Gasteiger partial charge in [0.1, 0.15) is 11.9 Å². The summed E-state index contributed by atoms with van der Waals surface area (Å²) in [6, 6.07) is 5.56. The third-order valence-electron chi connectivity index (χ3n) is 3.45. The molecule has 0 radical (unpaired) electrons. The lowest BCUT2D eigenvalue weighted by Gasteiger charge is -2.10. The summed E-state index contributed by atoms with van der Waals surface area (Å²) in [5, 5.41) is 13.5. The molecule has 0 spiro atoms. The molecule has 0 bridgehead atoms. The molecule has 0 aliphatic heterocycles. The highest BCUT2D eigenvalue weighted by Gasteiger charge is 2.15. The quantitative estimate of drug-likeness (QED) is 0.572. The Hall–Kier alpha value is -2.42. The average Bonchev–Trinajstić information content (AvgIpc) is 2.92. The second-order valence-corrected chi connectivity index (χ2v) is 6.00. The minimum atomic E-state index is -0.552. The van der Waals surface area contributed by atoms with E-state index in [9.17, 15) is 14.9 Å². The maximum Gasteiger partial charge on any atom is 0.381 e. The van der Waals surface area contributed by atoms with Gasteiger partial charge >= 0.3 is 5.82 Å². The number of amides is 1. The zero-order valence-corrected chi connectivity index (χ0v) is 14.9. The lowest BCUT2D eigenvalue weighted by atomic mass is 10.2. The summed E-state index contributed by atoms with van der Waals surface area (Å²) in [4.78, 5) is 26.0. The fourth-order valence-corrected chi connectivity index (χ4v) is 2.60.